The maximum Gasteiger partial charge on any atom is 0.145 e. The quantitative estimate of drug-likeness (QED) is 0.813. The Labute approximate surface area is 88.6 Å². The maximum absolute atomic E-state index is 10.1. The summed E-state index contributed by atoms with van der Waals surface area (Å²) in [7, 11) is 0. The smallest absolute Gasteiger partial charge is 0.145 e. The van der Waals surface area contributed by atoms with Gasteiger partial charge in [-0.1, -0.05) is 18.2 Å². The highest BCUT2D eigenvalue weighted by Gasteiger charge is 2.44. The van der Waals surface area contributed by atoms with E-state index in [-0.39, 0.29) is 6.10 Å². The van der Waals surface area contributed by atoms with E-state index in [1.54, 1.807) is 0 Å². The van der Waals surface area contributed by atoms with Crippen LogP contribution in [0.1, 0.15) is 18.4 Å². The molecule has 0 spiro atoms. The zero-order valence-corrected chi connectivity index (χ0v) is 8.48. The third-order valence-electron chi connectivity index (χ3n) is 3.01. The summed E-state index contributed by atoms with van der Waals surface area (Å²) in [4.78, 5) is 0. The summed E-state index contributed by atoms with van der Waals surface area (Å²) in [6, 6.07) is 7.74. The molecule has 80 valence electrons. The molecule has 0 radical (unpaired) electrons. The van der Waals surface area contributed by atoms with Crippen LogP contribution in [-0.4, -0.2) is 24.4 Å². The molecule has 15 heavy (non-hydrogen) atoms. The molecular formula is C12H14O3. The molecular weight excluding hydrogens is 192 g/mol. The number of hydrogen-bond acceptors (Lipinski definition) is 3. The number of hydrogen-bond donors (Lipinski definition) is 1. The fraction of sp³-hybridized carbons (Fsp3) is 0.500. The van der Waals surface area contributed by atoms with Crippen LogP contribution in [0, 0.1) is 0 Å². The molecule has 3 rings (SSSR count). The number of aliphatic hydroxyl groups is 1. The molecule has 3 heteroatoms. The fourth-order valence-corrected chi connectivity index (χ4v) is 1.80. The van der Waals surface area contributed by atoms with Crippen LogP contribution in [0.25, 0.3) is 0 Å². The van der Waals surface area contributed by atoms with Gasteiger partial charge in [-0.25, -0.2) is 0 Å². The maximum atomic E-state index is 10.1. The van der Waals surface area contributed by atoms with Crippen molar-refractivity contribution in [2.75, 3.05) is 13.2 Å². The van der Waals surface area contributed by atoms with Gasteiger partial charge in [-0.3, -0.25) is 0 Å². The van der Waals surface area contributed by atoms with Crippen LogP contribution < -0.4 is 4.74 Å². The minimum absolute atomic E-state index is 0.161. The van der Waals surface area contributed by atoms with Crippen molar-refractivity contribution in [1.29, 1.82) is 0 Å². The van der Waals surface area contributed by atoms with Crippen LogP contribution in [0.5, 0.6) is 5.75 Å². The van der Waals surface area contributed by atoms with Gasteiger partial charge in [0.1, 0.15) is 11.9 Å². The van der Waals surface area contributed by atoms with Gasteiger partial charge in [0, 0.05) is 5.56 Å². The molecule has 1 saturated heterocycles. The average molecular weight is 206 g/mol. The number of ether oxygens (including phenoxy) is 2. The van der Waals surface area contributed by atoms with Crippen molar-refractivity contribution in [1.82, 2.24) is 0 Å². The molecule has 1 N–H and O–H groups in total. The number of benzene rings is 1. The first kappa shape index (κ1) is 9.19. The van der Waals surface area contributed by atoms with Crippen LogP contribution in [0.15, 0.2) is 24.3 Å². The largest absolute Gasteiger partial charge is 0.485 e. The van der Waals surface area contributed by atoms with Gasteiger partial charge >= 0.3 is 0 Å². The Morgan fingerprint density at radius 1 is 1.27 bits per heavy atom. The summed E-state index contributed by atoms with van der Waals surface area (Å²) in [5.74, 6) is 0.811. The molecule has 1 heterocycles. The van der Waals surface area contributed by atoms with Gasteiger partial charge in [0.05, 0.1) is 18.8 Å². The molecule has 3 nitrogen and oxygen atoms in total. The van der Waals surface area contributed by atoms with Gasteiger partial charge in [-0.15, -0.1) is 0 Å². The summed E-state index contributed by atoms with van der Waals surface area (Å²) in [5.41, 5.74) is 0.304. The van der Waals surface area contributed by atoms with Crippen LogP contribution in [0.4, 0.5) is 0 Å². The lowest BCUT2D eigenvalue weighted by molar-refractivity contribution is -0.0807. The van der Waals surface area contributed by atoms with E-state index in [0.717, 1.165) is 24.2 Å². The van der Waals surface area contributed by atoms with Gasteiger partial charge in [0.25, 0.3) is 0 Å². The minimum Gasteiger partial charge on any atom is -0.485 e. The topological polar surface area (TPSA) is 38.7 Å². The lowest BCUT2D eigenvalue weighted by atomic mass is 10.1. The van der Waals surface area contributed by atoms with E-state index in [4.69, 9.17) is 9.47 Å². The second-order valence-corrected chi connectivity index (χ2v) is 4.31. The molecule has 0 amide bonds. The van der Waals surface area contributed by atoms with Crippen molar-refractivity contribution < 1.29 is 14.6 Å². The van der Waals surface area contributed by atoms with Crippen LogP contribution in [0.2, 0.25) is 0 Å². The Balaban J connectivity index is 1.85. The first-order chi connectivity index (χ1) is 7.28. The monoisotopic (exact) mass is 206 g/mol. The van der Waals surface area contributed by atoms with Gasteiger partial charge in [0.2, 0.25) is 0 Å². The van der Waals surface area contributed by atoms with E-state index in [9.17, 15) is 5.11 Å². The summed E-state index contributed by atoms with van der Waals surface area (Å²) in [6.07, 6.45) is 1.84. The average Bonchev–Trinajstić information content (AvgIpc) is 2.92. The highest BCUT2D eigenvalue weighted by atomic mass is 16.6. The Kier molecular flexibility index (Phi) is 1.97. The lowest BCUT2D eigenvalue weighted by Gasteiger charge is -2.28. The molecule has 2 fully saturated rings. The fourth-order valence-electron chi connectivity index (χ4n) is 1.80. The first-order valence-corrected chi connectivity index (χ1v) is 5.34. The molecule has 2 aliphatic rings. The van der Waals surface area contributed by atoms with E-state index in [1.807, 2.05) is 24.3 Å². The third-order valence-corrected chi connectivity index (χ3v) is 3.01. The van der Waals surface area contributed by atoms with E-state index in [1.165, 1.54) is 0 Å². The minimum atomic E-state index is -0.624. The van der Waals surface area contributed by atoms with Gasteiger partial charge in [-0.05, 0) is 18.9 Å². The number of rotatable bonds is 3. The summed E-state index contributed by atoms with van der Waals surface area (Å²) >= 11 is 0. The Morgan fingerprint density at radius 2 is 2.00 bits per heavy atom. The van der Waals surface area contributed by atoms with Crippen molar-refractivity contribution in [3.05, 3.63) is 29.8 Å². The SMILES string of the molecule is OC1(c2ccccc2OC2COC2)CC1. The second-order valence-electron chi connectivity index (χ2n) is 4.31. The Bertz CT molecular complexity index is 367. The van der Waals surface area contributed by atoms with Gasteiger partial charge in [0.15, 0.2) is 0 Å². The second kappa shape index (κ2) is 3.22. The zero-order valence-electron chi connectivity index (χ0n) is 8.48. The molecule has 1 aliphatic carbocycles. The van der Waals surface area contributed by atoms with Crippen LogP contribution in [0.3, 0.4) is 0 Å². The molecule has 1 aliphatic heterocycles. The highest BCUT2D eigenvalue weighted by molar-refractivity contribution is 5.41. The summed E-state index contributed by atoms with van der Waals surface area (Å²) in [5, 5.41) is 10.1. The third kappa shape index (κ3) is 1.62. The zero-order chi connectivity index (χ0) is 10.3. The van der Waals surface area contributed by atoms with E-state index >= 15 is 0 Å². The predicted molar refractivity (Wildman–Crippen MR) is 54.8 cm³/mol. The normalized spacial score (nSPS) is 23.3. The van der Waals surface area contributed by atoms with Crippen molar-refractivity contribution >= 4 is 0 Å². The molecule has 1 aromatic rings. The molecule has 0 unspecified atom stereocenters. The lowest BCUT2D eigenvalue weighted by Crippen LogP contribution is -2.38. The van der Waals surface area contributed by atoms with Gasteiger partial charge in [-0.2, -0.15) is 0 Å². The Morgan fingerprint density at radius 3 is 2.60 bits per heavy atom. The van der Waals surface area contributed by atoms with E-state index < -0.39 is 5.60 Å². The van der Waals surface area contributed by atoms with Crippen LogP contribution >= 0.6 is 0 Å². The standard InChI is InChI=1S/C12H14O3/c13-12(5-6-12)10-3-1-2-4-11(10)15-9-7-14-8-9/h1-4,9,13H,5-8H2. The Hall–Kier alpha value is -1.06. The summed E-state index contributed by atoms with van der Waals surface area (Å²) < 4.78 is 10.8. The van der Waals surface area contributed by atoms with E-state index in [0.29, 0.717) is 13.2 Å². The number of para-hydroxylation sites is 1. The first-order valence-electron chi connectivity index (χ1n) is 5.34. The molecule has 0 aromatic heterocycles. The highest BCUT2D eigenvalue weighted by Crippen LogP contribution is 2.48. The summed E-state index contributed by atoms with van der Waals surface area (Å²) in [6.45, 7) is 1.32. The molecule has 0 atom stereocenters. The predicted octanol–water partition coefficient (Wildman–Crippen LogP) is 1.45. The van der Waals surface area contributed by atoms with E-state index in [2.05, 4.69) is 0 Å². The van der Waals surface area contributed by atoms with Crippen molar-refractivity contribution in [2.45, 2.75) is 24.5 Å². The van der Waals surface area contributed by atoms with Crippen molar-refractivity contribution in [3.63, 3.8) is 0 Å². The van der Waals surface area contributed by atoms with Gasteiger partial charge < -0.3 is 14.6 Å². The molecule has 0 bridgehead atoms. The van der Waals surface area contributed by atoms with Crippen molar-refractivity contribution in [3.8, 4) is 5.75 Å². The molecule has 1 saturated carbocycles. The molecule has 1 aromatic carbocycles. The van der Waals surface area contributed by atoms with Crippen molar-refractivity contribution in [2.24, 2.45) is 0 Å². The van der Waals surface area contributed by atoms with Crippen LogP contribution in [-0.2, 0) is 10.3 Å².